The second kappa shape index (κ2) is 7.96. The third kappa shape index (κ3) is 4.48. The topological polar surface area (TPSA) is 35.6 Å². The zero-order valence-electron chi connectivity index (χ0n) is 16.4. The molecular weight excluding hydrogens is 334 g/mol. The van der Waals surface area contributed by atoms with Crippen molar-refractivity contribution in [2.75, 3.05) is 27.2 Å². The molecule has 1 aliphatic heterocycles. The van der Waals surface area contributed by atoms with E-state index >= 15 is 0 Å². The molecule has 2 amide bonds. The molecule has 0 aliphatic carbocycles. The third-order valence-corrected chi connectivity index (χ3v) is 5.95. The second-order valence-corrected chi connectivity index (χ2v) is 8.41. The quantitative estimate of drug-likeness (QED) is 0.854. The van der Waals surface area contributed by atoms with Crippen molar-refractivity contribution in [3.63, 3.8) is 0 Å². The number of halogens is 1. The fourth-order valence-electron chi connectivity index (χ4n) is 4.13. The van der Waals surface area contributed by atoms with Crippen molar-refractivity contribution >= 4 is 17.6 Å². The van der Waals surface area contributed by atoms with Gasteiger partial charge in [0.25, 0.3) is 0 Å². The molecule has 1 saturated heterocycles. The van der Waals surface area contributed by atoms with E-state index in [1.165, 1.54) is 0 Å². The van der Waals surface area contributed by atoms with Crippen LogP contribution in [0.3, 0.4) is 0 Å². The summed E-state index contributed by atoms with van der Waals surface area (Å²) in [6.45, 7) is 10.6. The highest BCUT2D eigenvalue weighted by Crippen LogP contribution is 2.32. The van der Waals surface area contributed by atoms with E-state index in [9.17, 15) is 4.79 Å². The Morgan fingerprint density at radius 2 is 2.16 bits per heavy atom. The van der Waals surface area contributed by atoms with Gasteiger partial charge in [-0.3, -0.25) is 0 Å². The lowest BCUT2D eigenvalue weighted by Gasteiger charge is -2.47. The lowest BCUT2D eigenvalue weighted by atomic mass is 9.78. The van der Waals surface area contributed by atoms with Crippen LogP contribution in [0.25, 0.3) is 0 Å². The SMILES string of the molecule is CCC(NC(=O)N(C)C1CCN(C)CC1(C)C)c1cccc(Cl)c1C. The Bertz CT molecular complexity index is 617. The van der Waals surface area contributed by atoms with Crippen LogP contribution < -0.4 is 5.32 Å². The van der Waals surface area contributed by atoms with E-state index in [-0.39, 0.29) is 23.5 Å². The number of benzene rings is 1. The number of hydrogen-bond donors (Lipinski definition) is 1. The van der Waals surface area contributed by atoms with Crippen LogP contribution >= 0.6 is 11.6 Å². The van der Waals surface area contributed by atoms with E-state index in [1.54, 1.807) is 0 Å². The molecule has 1 aliphatic rings. The van der Waals surface area contributed by atoms with Crippen LogP contribution in [0.5, 0.6) is 0 Å². The summed E-state index contributed by atoms with van der Waals surface area (Å²) in [6.07, 6.45) is 1.83. The fourth-order valence-corrected chi connectivity index (χ4v) is 4.31. The largest absolute Gasteiger partial charge is 0.331 e. The predicted octanol–water partition coefficient (Wildman–Crippen LogP) is 4.47. The maximum atomic E-state index is 12.9. The number of urea groups is 1. The molecule has 1 fully saturated rings. The average molecular weight is 366 g/mol. The van der Waals surface area contributed by atoms with Gasteiger partial charge in [-0.2, -0.15) is 0 Å². The smallest absolute Gasteiger partial charge is 0.317 e. The molecule has 1 aromatic carbocycles. The lowest BCUT2D eigenvalue weighted by Crippen LogP contribution is -2.57. The molecule has 0 bridgehead atoms. The summed E-state index contributed by atoms with van der Waals surface area (Å²) in [5.74, 6) is 0. The van der Waals surface area contributed by atoms with E-state index < -0.39 is 0 Å². The molecule has 1 N–H and O–H groups in total. The van der Waals surface area contributed by atoms with Crippen LogP contribution in [0.4, 0.5) is 4.79 Å². The Morgan fingerprint density at radius 1 is 1.48 bits per heavy atom. The predicted molar refractivity (Wildman–Crippen MR) is 105 cm³/mol. The first-order valence-electron chi connectivity index (χ1n) is 9.14. The molecular formula is C20H32ClN3O. The normalized spacial score (nSPS) is 21.6. The summed E-state index contributed by atoms with van der Waals surface area (Å²) < 4.78 is 0. The van der Waals surface area contributed by atoms with Crippen molar-refractivity contribution < 1.29 is 4.79 Å². The number of carbonyl (C=O) groups is 1. The minimum Gasteiger partial charge on any atom is -0.331 e. The molecule has 0 saturated carbocycles. The van der Waals surface area contributed by atoms with E-state index in [1.807, 2.05) is 31.0 Å². The standard InChI is InChI=1S/C20H32ClN3O/c1-7-17(15-9-8-10-16(21)14(15)2)22-19(25)24(6)18-11-12-23(5)13-20(18,3)4/h8-10,17-18H,7,11-13H2,1-6H3,(H,22,25). The highest BCUT2D eigenvalue weighted by molar-refractivity contribution is 6.31. The molecule has 4 nitrogen and oxygen atoms in total. The first kappa shape index (κ1) is 20.1. The van der Waals surface area contributed by atoms with E-state index in [2.05, 4.69) is 44.1 Å². The molecule has 0 spiro atoms. The Hall–Kier alpha value is -1.26. The molecule has 25 heavy (non-hydrogen) atoms. The summed E-state index contributed by atoms with van der Waals surface area (Å²) in [6, 6.07) is 6.10. The molecule has 2 unspecified atom stereocenters. The minimum atomic E-state index is -0.0250. The summed E-state index contributed by atoms with van der Waals surface area (Å²) in [5, 5.41) is 3.96. The monoisotopic (exact) mass is 365 g/mol. The molecule has 1 heterocycles. The number of nitrogens with zero attached hydrogens (tertiary/aromatic N) is 2. The highest BCUT2D eigenvalue weighted by atomic mass is 35.5. The van der Waals surface area contributed by atoms with Crippen molar-refractivity contribution in [3.8, 4) is 0 Å². The lowest BCUT2D eigenvalue weighted by molar-refractivity contribution is 0.0444. The van der Waals surface area contributed by atoms with Crippen molar-refractivity contribution in [2.24, 2.45) is 5.41 Å². The van der Waals surface area contributed by atoms with Crippen molar-refractivity contribution in [1.29, 1.82) is 0 Å². The van der Waals surface area contributed by atoms with Gasteiger partial charge in [0.1, 0.15) is 0 Å². The van der Waals surface area contributed by atoms with Gasteiger partial charge in [0.15, 0.2) is 0 Å². The second-order valence-electron chi connectivity index (χ2n) is 8.01. The molecule has 2 rings (SSSR count). The first-order valence-corrected chi connectivity index (χ1v) is 9.52. The molecule has 0 radical (unpaired) electrons. The Balaban J connectivity index is 2.12. The summed E-state index contributed by atoms with van der Waals surface area (Å²) in [4.78, 5) is 17.2. The van der Waals surface area contributed by atoms with Gasteiger partial charge >= 0.3 is 6.03 Å². The zero-order chi connectivity index (χ0) is 18.8. The summed E-state index contributed by atoms with van der Waals surface area (Å²) in [5.41, 5.74) is 2.21. The molecule has 1 aromatic rings. The molecule has 0 aromatic heterocycles. The Labute approximate surface area is 157 Å². The molecule has 2 atom stereocenters. The zero-order valence-corrected chi connectivity index (χ0v) is 17.2. The number of amides is 2. The maximum absolute atomic E-state index is 12.9. The van der Waals surface area contributed by atoms with Crippen LogP contribution in [0, 0.1) is 12.3 Å². The van der Waals surface area contributed by atoms with Crippen molar-refractivity contribution in [2.45, 2.75) is 52.6 Å². The highest BCUT2D eigenvalue weighted by Gasteiger charge is 2.39. The number of hydrogen-bond acceptors (Lipinski definition) is 2. The third-order valence-electron chi connectivity index (χ3n) is 5.54. The van der Waals surface area contributed by atoms with Gasteiger partial charge < -0.3 is 15.1 Å². The summed E-state index contributed by atoms with van der Waals surface area (Å²) >= 11 is 6.26. The average Bonchev–Trinajstić information content (AvgIpc) is 2.53. The fraction of sp³-hybridized carbons (Fsp3) is 0.650. The molecule has 5 heteroatoms. The Kier molecular flexibility index (Phi) is 6.39. The van der Waals surface area contributed by atoms with Crippen LogP contribution in [0.2, 0.25) is 5.02 Å². The van der Waals surface area contributed by atoms with Crippen molar-refractivity contribution in [1.82, 2.24) is 15.1 Å². The van der Waals surface area contributed by atoms with E-state index in [0.717, 1.165) is 42.1 Å². The number of nitrogens with one attached hydrogen (secondary N) is 1. The van der Waals surface area contributed by atoms with Gasteiger partial charge in [-0.05, 0) is 56.0 Å². The summed E-state index contributed by atoms with van der Waals surface area (Å²) in [7, 11) is 4.07. The van der Waals surface area contributed by atoms with Gasteiger partial charge in [0.05, 0.1) is 6.04 Å². The van der Waals surface area contributed by atoms with Gasteiger partial charge in [-0.15, -0.1) is 0 Å². The maximum Gasteiger partial charge on any atom is 0.317 e. The van der Waals surface area contributed by atoms with Gasteiger partial charge in [0, 0.05) is 24.7 Å². The first-order chi connectivity index (χ1) is 11.7. The minimum absolute atomic E-state index is 0.00569. The number of piperidine rings is 1. The number of likely N-dealkylation sites (tertiary alicyclic amines) is 1. The Morgan fingerprint density at radius 3 is 2.76 bits per heavy atom. The van der Waals surface area contributed by atoms with E-state index in [4.69, 9.17) is 11.6 Å². The van der Waals surface area contributed by atoms with Gasteiger partial charge in [-0.25, -0.2) is 4.79 Å². The number of rotatable bonds is 4. The van der Waals surface area contributed by atoms with Crippen LogP contribution in [-0.2, 0) is 0 Å². The van der Waals surface area contributed by atoms with Gasteiger partial charge in [-0.1, -0.05) is 44.5 Å². The number of carbonyl (C=O) groups excluding carboxylic acids is 1. The van der Waals surface area contributed by atoms with Gasteiger partial charge in [0.2, 0.25) is 0 Å². The van der Waals surface area contributed by atoms with Crippen LogP contribution in [-0.4, -0.2) is 49.1 Å². The van der Waals surface area contributed by atoms with Crippen molar-refractivity contribution in [3.05, 3.63) is 34.3 Å². The van der Waals surface area contributed by atoms with Crippen LogP contribution in [0.1, 0.15) is 50.8 Å². The molecule has 140 valence electrons. The van der Waals surface area contributed by atoms with Crippen LogP contribution in [0.15, 0.2) is 18.2 Å². The van der Waals surface area contributed by atoms with E-state index in [0.29, 0.717) is 0 Å².